The van der Waals surface area contributed by atoms with Gasteiger partial charge in [-0.2, -0.15) is 0 Å². The van der Waals surface area contributed by atoms with Gasteiger partial charge in [-0.25, -0.2) is 0 Å². The van der Waals surface area contributed by atoms with Gasteiger partial charge in [0.1, 0.15) is 5.75 Å². The summed E-state index contributed by atoms with van der Waals surface area (Å²) in [5.41, 5.74) is 5.52. The van der Waals surface area contributed by atoms with E-state index < -0.39 is 5.91 Å². The number of hydrogen-bond acceptors (Lipinski definition) is 4. The molecule has 0 aliphatic carbocycles. The number of carbonyl (C=O) groups excluding carboxylic acids is 2. The summed E-state index contributed by atoms with van der Waals surface area (Å²) in [4.78, 5) is 25.1. The van der Waals surface area contributed by atoms with E-state index in [1.54, 1.807) is 29.2 Å². The van der Waals surface area contributed by atoms with Crippen molar-refractivity contribution in [2.75, 3.05) is 26.2 Å². The number of nitrogens with two attached hydrogens (primary N) is 1. The summed E-state index contributed by atoms with van der Waals surface area (Å²) in [5, 5.41) is 3.29. The Morgan fingerprint density at radius 3 is 2.90 bits per heavy atom. The van der Waals surface area contributed by atoms with Gasteiger partial charge >= 0.3 is 0 Å². The van der Waals surface area contributed by atoms with Gasteiger partial charge in [-0.1, -0.05) is 12.1 Å². The molecule has 108 valence electrons. The minimum atomic E-state index is -0.567. The second-order valence-electron chi connectivity index (χ2n) is 4.86. The SMILES string of the molecule is CC1CN(C(=O)c2ccccc2OCC(N)=O)CCN1. The van der Waals surface area contributed by atoms with Gasteiger partial charge in [0.05, 0.1) is 5.56 Å². The zero-order valence-electron chi connectivity index (χ0n) is 11.5. The molecule has 2 amide bonds. The van der Waals surface area contributed by atoms with Crippen LogP contribution in [-0.2, 0) is 4.79 Å². The zero-order chi connectivity index (χ0) is 14.5. The van der Waals surface area contributed by atoms with E-state index in [1.165, 1.54) is 0 Å². The van der Waals surface area contributed by atoms with Gasteiger partial charge in [0.2, 0.25) is 0 Å². The molecule has 6 nitrogen and oxygen atoms in total. The third-order valence-electron chi connectivity index (χ3n) is 3.14. The molecule has 6 heteroatoms. The molecule has 0 bridgehead atoms. The first-order chi connectivity index (χ1) is 9.58. The highest BCUT2D eigenvalue weighted by Crippen LogP contribution is 2.20. The van der Waals surface area contributed by atoms with Crippen LogP contribution in [0.15, 0.2) is 24.3 Å². The van der Waals surface area contributed by atoms with Crippen molar-refractivity contribution in [1.82, 2.24) is 10.2 Å². The normalized spacial score (nSPS) is 18.6. The van der Waals surface area contributed by atoms with Crippen LogP contribution in [-0.4, -0.2) is 49.0 Å². The lowest BCUT2D eigenvalue weighted by Crippen LogP contribution is -2.51. The Morgan fingerprint density at radius 2 is 2.20 bits per heavy atom. The van der Waals surface area contributed by atoms with Crippen molar-refractivity contribution < 1.29 is 14.3 Å². The number of benzene rings is 1. The van der Waals surface area contributed by atoms with Crippen LogP contribution in [0.25, 0.3) is 0 Å². The molecular formula is C14H19N3O3. The van der Waals surface area contributed by atoms with Gasteiger partial charge in [0, 0.05) is 25.7 Å². The Bertz CT molecular complexity index is 504. The van der Waals surface area contributed by atoms with Crippen molar-refractivity contribution in [1.29, 1.82) is 0 Å². The van der Waals surface area contributed by atoms with E-state index in [4.69, 9.17) is 10.5 Å². The fourth-order valence-corrected chi connectivity index (χ4v) is 2.21. The molecule has 1 fully saturated rings. The highest BCUT2D eigenvalue weighted by Gasteiger charge is 2.23. The summed E-state index contributed by atoms with van der Waals surface area (Å²) >= 11 is 0. The van der Waals surface area contributed by atoms with Gasteiger partial charge in [-0.05, 0) is 19.1 Å². The first kappa shape index (κ1) is 14.3. The third kappa shape index (κ3) is 3.48. The van der Waals surface area contributed by atoms with Crippen molar-refractivity contribution in [3.8, 4) is 5.75 Å². The Kier molecular flexibility index (Phi) is 4.57. The summed E-state index contributed by atoms with van der Waals surface area (Å²) in [7, 11) is 0. The Labute approximate surface area is 117 Å². The number of amides is 2. The summed E-state index contributed by atoms with van der Waals surface area (Å²) in [5.74, 6) is -0.260. The lowest BCUT2D eigenvalue weighted by atomic mass is 10.1. The fraction of sp³-hybridized carbons (Fsp3) is 0.429. The van der Waals surface area contributed by atoms with E-state index in [9.17, 15) is 9.59 Å². The molecule has 0 aromatic heterocycles. The minimum absolute atomic E-state index is 0.0848. The van der Waals surface area contributed by atoms with Gasteiger partial charge in [-0.15, -0.1) is 0 Å². The molecule has 1 aromatic rings. The number of primary amides is 1. The first-order valence-electron chi connectivity index (χ1n) is 6.60. The van der Waals surface area contributed by atoms with E-state index >= 15 is 0 Å². The number of para-hydroxylation sites is 1. The average molecular weight is 277 g/mol. The smallest absolute Gasteiger partial charge is 0.257 e. The molecule has 1 heterocycles. The van der Waals surface area contributed by atoms with Crippen LogP contribution in [0.3, 0.4) is 0 Å². The van der Waals surface area contributed by atoms with Crippen molar-refractivity contribution in [2.24, 2.45) is 5.73 Å². The molecule has 1 aliphatic rings. The summed E-state index contributed by atoms with van der Waals surface area (Å²) in [6.07, 6.45) is 0. The predicted octanol–water partition coefficient (Wildman–Crippen LogP) is -0.0154. The van der Waals surface area contributed by atoms with Crippen LogP contribution in [0.5, 0.6) is 5.75 Å². The molecule has 0 saturated carbocycles. The maximum Gasteiger partial charge on any atom is 0.257 e. The van der Waals surface area contributed by atoms with Gasteiger partial charge < -0.3 is 20.7 Å². The molecule has 1 atom stereocenters. The maximum atomic E-state index is 12.5. The van der Waals surface area contributed by atoms with Crippen LogP contribution in [0.2, 0.25) is 0 Å². The summed E-state index contributed by atoms with van der Waals surface area (Å²) in [6.45, 7) is 3.89. The van der Waals surface area contributed by atoms with Crippen molar-refractivity contribution in [3.05, 3.63) is 29.8 Å². The number of piperazine rings is 1. The zero-order valence-corrected chi connectivity index (χ0v) is 11.5. The largest absolute Gasteiger partial charge is 0.483 e. The summed E-state index contributed by atoms with van der Waals surface area (Å²) in [6, 6.07) is 7.17. The molecule has 0 radical (unpaired) electrons. The van der Waals surface area contributed by atoms with Crippen LogP contribution < -0.4 is 15.8 Å². The first-order valence-corrected chi connectivity index (χ1v) is 6.60. The molecular weight excluding hydrogens is 258 g/mol. The van der Waals surface area contributed by atoms with Crippen molar-refractivity contribution in [3.63, 3.8) is 0 Å². The Hall–Kier alpha value is -2.08. The third-order valence-corrected chi connectivity index (χ3v) is 3.14. The van der Waals surface area contributed by atoms with Crippen molar-refractivity contribution in [2.45, 2.75) is 13.0 Å². The molecule has 1 aromatic carbocycles. The number of nitrogens with zero attached hydrogens (tertiary/aromatic N) is 1. The second-order valence-corrected chi connectivity index (χ2v) is 4.86. The molecule has 3 N–H and O–H groups in total. The standard InChI is InChI=1S/C14H19N3O3/c1-10-8-17(7-6-16-10)14(19)11-4-2-3-5-12(11)20-9-13(15)18/h2-5,10,16H,6-9H2,1H3,(H2,15,18). The highest BCUT2D eigenvalue weighted by molar-refractivity contribution is 5.97. The summed E-state index contributed by atoms with van der Waals surface area (Å²) < 4.78 is 5.30. The quantitative estimate of drug-likeness (QED) is 0.810. The topological polar surface area (TPSA) is 84.7 Å². The van der Waals surface area contributed by atoms with Crippen LogP contribution in [0, 0.1) is 0 Å². The number of hydrogen-bond donors (Lipinski definition) is 2. The van der Waals surface area contributed by atoms with E-state index in [1.807, 2.05) is 6.92 Å². The number of ether oxygens (including phenoxy) is 1. The van der Waals surface area contributed by atoms with Gasteiger partial charge in [0.15, 0.2) is 6.61 Å². The predicted molar refractivity (Wildman–Crippen MR) is 74.5 cm³/mol. The molecule has 2 rings (SSSR count). The molecule has 1 aliphatic heterocycles. The van der Waals surface area contributed by atoms with E-state index in [0.29, 0.717) is 24.4 Å². The second kappa shape index (κ2) is 6.38. The molecule has 1 unspecified atom stereocenters. The lowest BCUT2D eigenvalue weighted by molar-refractivity contribution is -0.119. The van der Waals surface area contributed by atoms with E-state index in [2.05, 4.69) is 5.32 Å². The highest BCUT2D eigenvalue weighted by atomic mass is 16.5. The Morgan fingerprint density at radius 1 is 1.45 bits per heavy atom. The van der Waals surface area contributed by atoms with E-state index in [0.717, 1.165) is 6.54 Å². The minimum Gasteiger partial charge on any atom is -0.483 e. The van der Waals surface area contributed by atoms with Crippen LogP contribution in [0.1, 0.15) is 17.3 Å². The lowest BCUT2D eigenvalue weighted by Gasteiger charge is -2.32. The fourth-order valence-electron chi connectivity index (χ4n) is 2.21. The Balaban J connectivity index is 2.14. The molecule has 0 spiro atoms. The number of rotatable bonds is 4. The average Bonchev–Trinajstić information content (AvgIpc) is 2.44. The molecule has 20 heavy (non-hydrogen) atoms. The van der Waals surface area contributed by atoms with E-state index in [-0.39, 0.29) is 18.6 Å². The number of carbonyl (C=O) groups is 2. The van der Waals surface area contributed by atoms with Gasteiger partial charge in [0.25, 0.3) is 11.8 Å². The van der Waals surface area contributed by atoms with Crippen LogP contribution >= 0.6 is 0 Å². The molecule has 1 saturated heterocycles. The monoisotopic (exact) mass is 277 g/mol. The van der Waals surface area contributed by atoms with Crippen molar-refractivity contribution >= 4 is 11.8 Å². The maximum absolute atomic E-state index is 12.5. The number of nitrogens with one attached hydrogen (secondary N) is 1. The van der Waals surface area contributed by atoms with Gasteiger partial charge in [-0.3, -0.25) is 9.59 Å². The van der Waals surface area contributed by atoms with Crippen LogP contribution in [0.4, 0.5) is 0 Å².